The van der Waals surface area contributed by atoms with Crippen LogP contribution in [-0.2, 0) is 6.54 Å². The summed E-state index contributed by atoms with van der Waals surface area (Å²) >= 11 is 0. The molecule has 130 valence electrons. The number of hydrogen-bond acceptors (Lipinski definition) is 6. The van der Waals surface area contributed by atoms with Gasteiger partial charge in [0.1, 0.15) is 0 Å². The lowest BCUT2D eigenvalue weighted by Gasteiger charge is -2.07. The zero-order valence-corrected chi connectivity index (χ0v) is 13.3. The number of nitro benzene ring substituents is 2. The number of rotatable bonds is 5. The summed E-state index contributed by atoms with van der Waals surface area (Å²) in [4.78, 5) is 32.6. The van der Waals surface area contributed by atoms with E-state index in [-0.39, 0.29) is 23.5 Å². The van der Waals surface area contributed by atoms with Gasteiger partial charge in [-0.3, -0.25) is 25.0 Å². The molecule has 0 bridgehead atoms. The van der Waals surface area contributed by atoms with Crippen molar-refractivity contribution in [3.05, 3.63) is 96.8 Å². The van der Waals surface area contributed by atoms with Crippen molar-refractivity contribution in [2.75, 3.05) is 0 Å². The highest BCUT2D eigenvalue weighted by atomic mass is 16.6. The number of aromatic nitrogens is 2. The Morgan fingerprint density at radius 1 is 0.885 bits per heavy atom. The molecule has 0 amide bonds. The van der Waals surface area contributed by atoms with Crippen LogP contribution in [-0.4, -0.2) is 19.6 Å². The Morgan fingerprint density at radius 3 is 2.23 bits per heavy atom. The quantitative estimate of drug-likeness (QED) is 0.514. The van der Waals surface area contributed by atoms with Gasteiger partial charge in [0, 0.05) is 35.9 Å². The van der Waals surface area contributed by atoms with E-state index in [1.165, 1.54) is 41.1 Å². The summed E-state index contributed by atoms with van der Waals surface area (Å²) in [6.45, 7) is 0.125. The van der Waals surface area contributed by atoms with Crippen LogP contribution in [0.4, 0.5) is 11.4 Å². The van der Waals surface area contributed by atoms with Crippen LogP contribution in [0.3, 0.4) is 0 Å². The molecule has 0 fully saturated rings. The number of nitro groups is 2. The smallest absolute Gasteiger partial charge is 0.268 e. The van der Waals surface area contributed by atoms with Crippen LogP contribution in [0, 0.1) is 20.2 Å². The normalized spacial score (nSPS) is 10.5. The van der Waals surface area contributed by atoms with E-state index in [2.05, 4.69) is 5.10 Å². The molecule has 0 saturated carbocycles. The van der Waals surface area contributed by atoms with Gasteiger partial charge >= 0.3 is 0 Å². The van der Waals surface area contributed by atoms with Crippen molar-refractivity contribution in [1.29, 1.82) is 0 Å². The van der Waals surface area contributed by atoms with Crippen LogP contribution < -0.4 is 5.56 Å². The third kappa shape index (κ3) is 3.61. The third-order valence-corrected chi connectivity index (χ3v) is 3.70. The first-order chi connectivity index (χ1) is 12.4. The van der Waals surface area contributed by atoms with Crippen molar-refractivity contribution in [3.8, 4) is 11.3 Å². The van der Waals surface area contributed by atoms with Gasteiger partial charge in [0.05, 0.1) is 22.1 Å². The second-order valence-electron chi connectivity index (χ2n) is 5.45. The maximum atomic E-state index is 12.0. The van der Waals surface area contributed by atoms with E-state index < -0.39 is 9.85 Å². The topological polar surface area (TPSA) is 121 Å². The summed E-state index contributed by atoms with van der Waals surface area (Å²) in [5.41, 5.74) is 1.13. The first-order valence-electron chi connectivity index (χ1n) is 7.50. The van der Waals surface area contributed by atoms with Crippen molar-refractivity contribution in [2.24, 2.45) is 0 Å². The van der Waals surface area contributed by atoms with Gasteiger partial charge in [0.25, 0.3) is 16.9 Å². The molecule has 9 nitrogen and oxygen atoms in total. The summed E-state index contributed by atoms with van der Waals surface area (Å²) in [5.74, 6) is 0. The van der Waals surface area contributed by atoms with Crippen LogP contribution in [0.1, 0.15) is 5.56 Å². The molecule has 0 spiro atoms. The van der Waals surface area contributed by atoms with Crippen molar-refractivity contribution < 1.29 is 9.85 Å². The average Bonchev–Trinajstić information content (AvgIpc) is 2.64. The van der Waals surface area contributed by atoms with Gasteiger partial charge in [-0.05, 0) is 11.6 Å². The molecule has 0 atom stereocenters. The molecule has 3 rings (SSSR count). The van der Waals surface area contributed by atoms with Gasteiger partial charge in [-0.1, -0.05) is 24.3 Å². The Kier molecular flexibility index (Phi) is 4.52. The molecule has 1 heterocycles. The highest BCUT2D eigenvalue weighted by molar-refractivity contribution is 5.61. The minimum Gasteiger partial charge on any atom is -0.268 e. The average molecular weight is 352 g/mol. The number of hydrogen-bond donors (Lipinski definition) is 0. The minimum absolute atomic E-state index is 0.0422. The maximum absolute atomic E-state index is 12.0. The van der Waals surface area contributed by atoms with E-state index in [1.54, 1.807) is 24.3 Å². The standard InChI is InChI=1S/C17H12N4O5/c22-17-9-8-16(13-2-1-3-15(10-13)21(25)26)18-19(17)11-12-4-6-14(7-5-12)20(23)24/h1-10H,11H2. The minimum atomic E-state index is -0.504. The van der Waals surface area contributed by atoms with Gasteiger partial charge in [0.2, 0.25) is 0 Å². The maximum Gasteiger partial charge on any atom is 0.270 e. The van der Waals surface area contributed by atoms with Crippen molar-refractivity contribution >= 4 is 11.4 Å². The summed E-state index contributed by atoms with van der Waals surface area (Å²) in [5, 5.41) is 25.8. The molecular weight excluding hydrogens is 340 g/mol. The summed E-state index contributed by atoms with van der Waals surface area (Å²) < 4.78 is 1.20. The van der Waals surface area contributed by atoms with Crippen LogP contribution in [0.5, 0.6) is 0 Å². The molecule has 0 aliphatic rings. The second kappa shape index (κ2) is 6.93. The van der Waals surface area contributed by atoms with Crippen molar-refractivity contribution in [3.63, 3.8) is 0 Å². The van der Waals surface area contributed by atoms with Gasteiger partial charge in [-0.25, -0.2) is 4.68 Å². The van der Waals surface area contributed by atoms with E-state index in [1.807, 2.05) is 0 Å². The van der Waals surface area contributed by atoms with Gasteiger partial charge < -0.3 is 0 Å². The largest absolute Gasteiger partial charge is 0.270 e. The molecule has 9 heteroatoms. The zero-order chi connectivity index (χ0) is 18.7. The van der Waals surface area contributed by atoms with Crippen LogP contribution in [0.2, 0.25) is 0 Å². The third-order valence-electron chi connectivity index (χ3n) is 3.70. The van der Waals surface area contributed by atoms with Crippen LogP contribution in [0.15, 0.2) is 65.5 Å². The van der Waals surface area contributed by atoms with E-state index in [0.29, 0.717) is 16.8 Å². The first kappa shape index (κ1) is 17.0. The Hall–Kier alpha value is -3.88. The van der Waals surface area contributed by atoms with E-state index >= 15 is 0 Å². The molecule has 3 aromatic rings. The van der Waals surface area contributed by atoms with Crippen molar-refractivity contribution in [2.45, 2.75) is 6.54 Å². The molecule has 0 aliphatic heterocycles. The van der Waals surface area contributed by atoms with E-state index in [4.69, 9.17) is 0 Å². The Bertz CT molecular complexity index is 1040. The monoisotopic (exact) mass is 352 g/mol. The molecule has 0 N–H and O–H groups in total. The Balaban J connectivity index is 1.93. The van der Waals surface area contributed by atoms with Gasteiger partial charge in [-0.15, -0.1) is 0 Å². The number of nitrogens with zero attached hydrogens (tertiary/aromatic N) is 4. The van der Waals surface area contributed by atoms with Crippen LogP contribution in [0.25, 0.3) is 11.3 Å². The first-order valence-corrected chi connectivity index (χ1v) is 7.50. The molecule has 2 aromatic carbocycles. The molecule has 0 aliphatic carbocycles. The van der Waals surface area contributed by atoms with Crippen molar-refractivity contribution in [1.82, 2.24) is 9.78 Å². The van der Waals surface area contributed by atoms with Gasteiger partial charge in [0.15, 0.2) is 0 Å². The highest BCUT2D eigenvalue weighted by Gasteiger charge is 2.10. The molecule has 26 heavy (non-hydrogen) atoms. The molecule has 1 aromatic heterocycles. The number of non-ortho nitro benzene ring substituents is 2. The highest BCUT2D eigenvalue weighted by Crippen LogP contribution is 2.21. The Labute approximate surface area is 146 Å². The summed E-state index contributed by atoms with van der Waals surface area (Å²) in [6.07, 6.45) is 0. The Morgan fingerprint density at radius 2 is 1.58 bits per heavy atom. The van der Waals surface area contributed by atoms with E-state index in [0.717, 1.165) is 0 Å². The lowest BCUT2D eigenvalue weighted by atomic mass is 10.1. The van der Waals surface area contributed by atoms with Gasteiger partial charge in [-0.2, -0.15) is 5.10 Å². The van der Waals surface area contributed by atoms with E-state index in [9.17, 15) is 25.0 Å². The summed E-state index contributed by atoms with van der Waals surface area (Å²) in [7, 11) is 0. The number of benzene rings is 2. The van der Waals surface area contributed by atoms with Crippen LogP contribution >= 0.6 is 0 Å². The molecule has 0 unspecified atom stereocenters. The fourth-order valence-electron chi connectivity index (χ4n) is 2.39. The zero-order valence-electron chi connectivity index (χ0n) is 13.3. The molecular formula is C17H12N4O5. The lowest BCUT2D eigenvalue weighted by Crippen LogP contribution is -2.22. The predicted molar refractivity (Wildman–Crippen MR) is 92.8 cm³/mol. The fraction of sp³-hybridized carbons (Fsp3) is 0.0588. The fourth-order valence-corrected chi connectivity index (χ4v) is 2.39. The SMILES string of the molecule is O=c1ccc(-c2cccc([N+](=O)[O-])c2)nn1Cc1ccc([N+](=O)[O-])cc1. The second-order valence-corrected chi connectivity index (χ2v) is 5.45. The molecule has 0 saturated heterocycles. The summed E-state index contributed by atoms with van der Waals surface area (Å²) in [6, 6.07) is 14.6. The molecule has 0 radical (unpaired) electrons. The lowest BCUT2D eigenvalue weighted by molar-refractivity contribution is -0.385. The predicted octanol–water partition coefficient (Wildman–Crippen LogP) is 2.78.